The van der Waals surface area contributed by atoms with Crippen molar-refractivity contribution in [2.75, 3.05) is 6.54 Å². The van der Waals surface area contributed by atoms with Crippen LogP contribution in [0.2, 0.25) is 0 Å². The molecule has 1 saturated heterocycles. The predicted molar refractivity (Wildman–Crippen MR) is 80.2 cm³/mol. The second kappa shape index (κ2) is 4.32. The van der Waals surface area contributed by atoms with E-state index in [0.29, 0.717) is 5.91 Å². The van der Waals surface area contributed by atoms with Crippen molar-refractivity contribution in [2.45, 2.75) is 52.2 Å². The lowest BCUT2D eigenvalue weighted by molar-refractivity contribution is -0.132. The van der Waals surface area contributed by atoms with E-state index in [1.165, 1.54) is 11.1 Å². The molecule has 1 aliphatic carbocycles. The van der Waals surface area contributed by atoms with Crippen molar-refractivity contribution in [3.63, 3.8) is 0 Å². The average molecular weight is 272 g/mol. The molecule has 1 amide bonds. The third-order valence-corrected chi connectivity index (χ3v) is 4.15. The van der Waals surface area contributed by atoms with E-state index in [1.807, 2.05) is 4.90 Å². The van der Waals surface area contributed by atoms with Crippen molar-refractivity contribution in [1.29, 1.82) is 0 Å². The number of nitrogens with zero attached hydrogens (tertiary/aromatic N) is 1. The van der Waals surface area contributed by atoms with Crippen LogP contribution in [0.4, 0.5) is 0 Å². The smallest absolute Gasteiger partial charge is 0.244 e. The standard InChI is InChI=1S/C17H24N2O/c1-12-6-5-7-13(10-12)14-18-17(8-9-17)15(20)19(14)11-16(2,3)4/h5-7,10,14,18H,8-9,11H2,1-4H3. The fraction of sp³-hybridized carbons (Fsp3) is 0.588. The van der Waals surface area contributed by atoms with Crippen LogP contribution in [-0.2, 0) is 4.79 Å². The molecule has 0 bridgehead atoms. The van der Waals surface area contributed by atoms with Gasteiger partial charge in [-0.25, -0.2) is 0 Å². The third-order valence-electron chi connectivity index (χ3n) is 4.15. The van der Waals surface area contributed by atoms with Gasteiger partial charge in [-0.15, -0.1) is 0 Å². The molecule has 1 atom stereocenters. The van der Waals surface area contributed by atoms with Gasteiger partial charge in [0.1, 0.15) is 11.7 Å². The molecule has 3 rings (SSSR count). The highest BCUT2D eigenvalue weighted by Crippen LogP contribution is 2.46. The Morgan fingerprint density at radius 3 is 2.60 bits per heavy atom. The first-order valence-corrected chi connectivity index (χ1v) is 7.46. The van der Waals surface area contributed by atoms with Crippen LogP contribution in [-0.4, -0.2) is 22.9 Å². The summed E-state index contributed by atoms with van der Waals surface area (Å²) in [5, 5.41) is 3.58. The molecule has 1 N–H and O–H groups in total. The van der Waals surface area contributed by atoms with Crippen LogP contribution in [0, 0.1) is 12.3 Å². The first kappa shape index (κ1) is 13.6. The molecule has 1 unspecified atom stereocenters. The summed E-state index contributed by atoms with van der Waals surface area (Å²) < 4.78 is 0. The van der Waals surface area contributed by atoms with Gasteiger partial charge in [0, 0.05) is 6.54 Å². The van der Waals surface area contributed by atoms with Crippen LogP contribution in [0.25, 0.3) is 0 Å². The number of aryl methyl sites for hydroxylation is 1. The molecule has 0 aromatic heterocycles. The molecule has 1 aromatic carbocycles. The summed E-state index contributed by atoms with van der Waals surface area (Å²) in [5.74, 6) is 0.291. The summed E-state index contributed by atoms with van der Waals surface area (Å²) >= 11 is 0. The lowest BCUT2D eigenvalue weighted by atomic mass is 9.95. The highest BCUT2D eigenvalue weighted by molar-refractivity contribution is 5.92. The lowest BCUT2D eigenvalue weighted by Gasteiger charge is -2.31. The Bertz CT molecular complexity index is 540. The highest BCUT2D eigenvalue weighted by atomic mass is 16.2. The van der Waals surface area contributed by atoms with Crippen LogP contribution in [0.1, 0.15) is 50.9 Å². The van der Waals surface area contributed by atoms with Crippen molar-refractivity contribution in [2.24, 2.45) is 5.41 Å². The van der Waals surface area contributed by atoms with Crippen LogP contribution in [0.15, 0.2) is 24.3 Å². The second-order valence-electron chi connectivity index (χ2n) is 7.54. The molecule has 1 aliphatic heterocycles. The molecule has 2 aliphatic rings. The largest absolute Gasteiger partial charge is 0.321 e. The molecule has 2 fully saturated rings. The Labute approximate surface area is 121 Å². The first-order chi connectivity index (χ1) is 9.31. The fourth-order valence-corrected chi connectivity index (χ4v) is 3.05. The van der Waals surface area contributed by atoms with Crippen molar-refractivity contribution in [3.05, 3.63) is 35.4 Å². The third kappa shape index (κ3) is 2.35. The maximum Gasteiger partial charge on any atom is 0.244 e. The second-order valence-corrected chi connectivity index (χ2v) is 7.54. The van der Waals surface area contributed by atoms with E-state index in [1.54, 1.807) is 0 Å². The van der Waals surface area contributed by atoms with Crippen LogP contribution in [0.5, 0.6) is 0 Å². The van der Waals surface area contributed by atoms with Gasteiger partial charge in [-0.1, -0.05) is 50.6 Å². The number of amides is 1. The van der Waals surface area contributed by atoms with Crippen molar-refractivity contribution >= 4 is 5.91 Å². The van der Waals surface area contributed by atoms with E-state index in [0.717, 1.165) is 19.4 Å². The fourth-order valence-electron chi connectivity index (χ4n) is 3.05. The summed E-state index contributed by atoms with van der Waals surface area (Å²) in [6, 6.07) is 8.47. The maximum atomic E-state index is 12.7. The van der Waals surface area contributed by atoms with Crippen LogP contribution >= 0.6 is 0 Å². The van der Waals surface area contributed by atoms with Gasteiger partial charge in [0.15, 0.2) is 0 Å². The maximum absolute atomic E-state index is 12.7. The van der Waals surface area contributed by atoms with Gasteiger partial charge < -0.3 is 4.90 Å². The van der Waals surface area contributed by atoms with E-state index >= 15 is 0 Å². The van der Waals surface area contributed by atoms with Crippen molar-refractivity contribution in [1.82, 2.24) is 10.2 Å². The Kier molecular flexibility index (Phi) is 2.94. The SMILES string of the molecule is Cc1cccc(C2NC3(CC3)C(=O)N2CC(C)(C)C)c1. The number of hydrogen-bond donors (Lipinski definition) is 1. The lowest BCUT2D eigenvalue weighted by Crippen LogP contribution is -2.38. The van der Waals surface area contributed by atoms with E-state index in [4.69, 9.17) is 0 Å². The minimum atomic E-state index is -0.250. The highest BCUT2D eigenvalue weighted by Gasteiger charge is 2.59. The normalized spacial score (nSPS) is 24.5. The molecule has 3 heteroatoms. The molecule has 3 nitrogen and oxygen atoms in total. The van der Waals surface area contributed by atoms with E-state index in [-0.39, 0.29) is 17.1 Å². The Morgan fingerprint density at radius 2 is 2.05 bits per heavy atom. The van der Waals surface area contributed by atoms with Crippen molar-refractivity contribution < 1.29 is 4.79 Å². The van der Waals surface area contributed by atoms with Gasteiger partial charge in [-0.3, -0.25) is 10.1 Å². The molecule has 1 heterocycles. The van der Waals surface area contributed by atoms with Gasteiger partial charge in [0.05, 0.1) is 0 Å². The summed E-state index contributed by atoms with van der Waals surface area (Å²) in [4.78, 5) is 14.7. The number of hydrogen-bond acceptors (Lipinski definition) is 2. The topological polar surface area (TPSA) is 32.3 Å². The minimum Gasteiger partial charge on any atom is -0.321 e. The molecular weight excluding hydrogens is 248 g/mol. The van der Waals surface area contributed by atoms with Crippen molar-refractivity contribution in [3.8, 4) is 0 Å². The monoisotopic (exact) mass is 272 g/mol. The Balaban J connectivity index is 1.93. The van der Waals surface area contributed by atoms with Gasteiger partial charge in [0.25, 0.3) is 0 Å². The average Bonchev–Trinajstić information content (AvgIpc) is 3.07. The molecule has 0 radical (unpaired) electrons. The molecule has 20 heavy (non-hydrogen) atoms. The summed E-state index contributed by atoms with van der Waals surface area (Å²) in [6.45, 7) is 9.45. The minimum absolute atomic E-state index is 0.0316. The predicted octanol–water partition coefficient (Wildman–Crippen LogP) is 3.00. The molecule has 108 valence electrons. The van der Waals surface area contributed by atoms with E-state index < -0.39 is 0 Å². The molecular formula is C17H24N2O. The van der Waals surface area contributed by atoms with Gasteiger partial charge >= 0.3 is 0 Å². The summed E-state index contributed by atoms with van der Waals surface area (Å²) in [5.41, 5.74) is 2.30. The van der Waals surface area contributed by atoms with Gasteiger partial charge in [-0.05, 0) is 30.7 Å². The Hall–Kier alpha value is -1.35. The van der Waals surface area contributed by atoms with Crippen LogP contribution < -0.4 is 5.32 Å². The molecule has 1 spiro atoms. The summed E-state index contributed by atoms with van der Waals surface area (Å²) in [6.07, 6.45) is 1.99. The number of carbonyl (C=O) groups excluding carboxylic acids is 1. The number of rotatable bonds is 2. The first-order valence-electron chi connectivity index (χ1n) is 7.46. The number of carbonyl (C=O) groups is 1. The van der Waals surface area contributed by atoms with Gasteiger partial charge in [0.2, 0.25) is 5.91 Å². The Morgan fingerprint density at radius 1 is 1.35 bits per heavy atom. The van der Waals surface area contributed by atoms with E-state index in [9.17, 15) is 4.79 Å². The van der Waals surface area contributed by atoms with E-state index in [2.05, 4.69) is 57.3 Å². The molecule has 1 saturated carbocycles. The zero-order valence-corrected chi connectivity index (χ0v) is 12.9. The number of nitrogens with one attached hydrogen (secondary N) is 1. The molecule has 1 aromatic rings. The summed E-state index contributed by atoms with van der Waals surface area (Å²) in [7, 11) is 0. The van der Waals surface area contributed by atoms with Crippen LogP contribution in [0.3, 0.4) is 0 Å². The quantitative estimate of drug-likeness (QED) is 0.897. The number of benzene rings is 1. The zero-order valence-electron chi connectivity index (χ0n) is 12.9. The zero-order chi connectivity index (χ0) is 14.5. The van der Waals surface area contributed by atoms with Gasteiger partial charge in [-0.2, -0.15) is 0 Å².